The molecule has 1 saturated heterocycles. The number of amides is 2. The van der Waals surface area contributed by atoms with Crippen molar-refractivity contribution >= 4 is 23.6 Å². The molecule has 2 amide bonds. The van der Waals surface area contributed by atoms with E-state index in [0.29, 0.717) is 45.0 Å². The van der Waals surface area contributed by atoms with Crippen molar-refractivity contribution in [3.05, 3.63) is 0 Å². The molecule has 110 valence electrons. The topological polar surface area (TPSA) is 70.7 Å². The second-order valence-corrected chi connectivity index (χ2v) is 4.80. The van der Waals surface area contributed by atoms with E-state index in [4.69, 9.17) is 16.3 Å². The number of nitrogens with one attached hydrogen (secondary N) is 2. The van der Waals surface area contributed by atoms with Gasteiger partial charge in [-0.05, 0) is 26.2 Å². The maximum Gasteiger partial charge on any atom is 0.329 e. The molecule has 0 aromatic heterocycles. The van der Waals surface area contributed by atoms with Gasteiger partial charge in [0.05, 0.1) is 12.5 Å². The Balaban J connectivity index is 2.19. The molecular formula is C12H22ClN3O3. The Morgan fingerprint density at radius 2 is 2.05 bits per heavy atom. The average Bonchev–Trinajstić information content (AvgIpc) is 2.40. The minimum atomic E-state index is -0.222. The van der Waals surface area contributed by atoms with E-state index in [1.54, 1.807) is 6.92 Å². The molecule has 1 fully saturated rings. The summed E-state index contributed by atoms with van der Waals surface area (Å²) >= 11 is 5.52. The highest BCUT2D eigenvalue weighted by molar-refractivity contribution is 6.17. The van der Waals surface area contributed by atoms with E-state index in [0.717, 1.165) is 6.42 Å². The van der Waals surface area contributed by atoms with Crippen LogP contribution in [0.5, 0.6) is 0 Å². The summed E-state index contributed by atoms with van der Waals surface area (Å²) in [6.07, 6.45) is 2.17. The number of alkyl halides is 1. The molecule has 7 heteroatoms. The van der Waals surface area contributed by atoms with Crippen LogP contribution in [0.4, 0.5) is 4.79 Å². The van der Waals surface area contributed by atoms with Gasteiger partial charge in [0.2, 0.25) is 0 Å². The molecule has 0 aliphatic carbocycles. The van der Waals surface area contributed by atoms with Gasteiger partial charge in [0.15, 0.2) is 0 Å². The smallest absolute Gasteiger partial charge is 0.329 e. The quantitative estimate of drug-likeness (QED) is 0.437. The Hall–Kier alpha value is -1.01. The maximum atomic E-state index is 11.5. The van der Waals surface area contributed by atoms with E-state index in [2.05, 4.69) is 10.7 Å². The zero-order valence-electron chi connectivity index (χ0n) is 11.3. The van der Waals surface area contributed by atoms with Gasteiger partial charge in [0.25, 0.3) is 0 Å². The third kappa shape index (κ3) is 6.11. The third-order valence-electron chi connectivity index (χ3n) is 2.97. The van der Waals surface area contributed by atoms with Crippen molar-refractivity contribution in [3.8, 4) is 0 Å². The van der Waals surface area contributed by atoms with Crippen molar-refractivity contribution in [3.63, 3.8) is 0 Å². The molecule has 1 aliphatic heterocycles. The summed E-state index contributed by atoms with van der Waals surface area (Å²) in [5, 5.41) is 4.54. The fourth-order valence-electron chi connectivity index (χ4n) is 1.94. The Bertz CT molecular complexity index is 294. The van der Waals surface area contributed by atoms with Gasteiger partial charge in [-0.15, -0.1) is 11.6 Å². The molecule has 1 rings (SSSR count). The van der Waals surface area contributed by atoms with Crippen molar-refractivity contribution in [1.82, 2.24) is 15.8 Å². The summed E-state index contributed by atoms with van der Waals surface area (Å²) in [6, 6.07) is -0.222. The number of piperidine rings is 1. The summed E-state index contributed by atoms with van der Waals surface area (Å²) in [6.45, 7) is 4.10. The molecule has 6 nitrogen and oxygen atoms in total. The lowest BCUT2D eigenvalue weighted by molar-refractivity contribution is -0.149. The van der Waals surface area contributed by atoms with Crippen LogP contribution in [0.3, 0.4) is 0 Å². The Morgan fingerprint density at radius 1 is 1.37 bits per heavy atom. The van der Waals surface area contributed by atoms with Crippen molar-refractivity contribution < 1.29 is 14.3 Å². The first-order valence-corrected chi connectivity index (χ1v) is 7.22. The fraction of sp³-hybridized carbons (Fsp3) is 0.833. The van der Waals surface area contributed by atoms with Crippen molar-refractivity contribution in [1.29, 1.82) is 0 Å². The number of rotatable bonds is 6. The highest BCUT2D eigenvalue weighted by Crippen LogP contribution is 2.17. The van der Waals surface area contributed by atoms with Crippen LogP contribution in [0.25, 0.3) is 0 Å². The van der Waals surface area contributed by atoms with E-state index in [1.807, 2.05) is 5.01 Å². The van der Waals surface area contributed by atoms with E-state index in [9.17, 15) is 9.59 Å². The van der Waals surface area contributed by atoms with Gasteiger partial charge < -0.3 is 10.1 Å². The van der Waals surface area contributed by atoms with Crippen LogP contribution in [-0.4, -0.2) is 49.1 Å². The minimum Gasteiger partial charge on any atom is -0.466 e. The molecule has 2 N–H and O–H groups in total. The molecule has 0 unspecified atom stereocenters. The lowest BCUT2D eigenvalue weighted by Gasteiger charge is -2.30. The summed E-state index contributed by atoms with van der Waals surface area (Å²) in [5.74, 6) is 0.358. The standard InChI is InChI=1S/C12H22ClN3O3/c1-2-19-11(17)10-4-8-16(9-5-10)15-12(18)14-7-3-6-13/h10H,2-9H2,1H3,(H2,14,15,18). The number of carbonyl (C=O) groups is 2. The van der Waals surface area contributed by atoms with Crippen LogP contribution < -0.4 is 10.7 Å². The maximum absolute atomic E-state index is 11.5. The molecule has 0 atom stereocenters. The largest absolute Gasteiger partial charge is 0.466 e. The van der Waals surface area contributed by atoms with Crippen LogP contribution >= 0.6 is 11.6 Å². The predicted molar refractivity (Wildman–Crippen MR) is 72.8 cm³/mol. The molecule has 0 aromatic carbocycles. The number of esters is 1. The van der Waals surface area contributed by atoms with Gasteiger partial charge in [-0.3, -0.25) is 10.2 Å². The number of hydrogen-bond donors (Lipinski definition) is 2. The number of hydrogen-bond acceptors (Lipinski definition) is 4. The average molecular weight is 292 g/mol. The van der Waals surface area contributed by atoms with Gasteiger partial charge in [-0.25, -0.2) is 9.80 Å². The molecule has 19 heavy (non-hydrogen) atoms. The highest BCUT2D eigenvalue weighted by atomic mass is 35.5. The molecule has 0 bridgehead atoms. The molecule has 0 radical (unpaired) electrons. The van der Waals surface area contributed by atoms with Gasteiger partial charge >= 0.3 is 12.0 Å². The Labute approximate surface area is 118 Å². The van der Waals surface area contributed by atoms with Crippen LogP contribution in [0.15, 0.2) is 0 Å². The first-order chi connectivity index (χ1) is 9.17. The number of halogens is 1. The zero-order chi connectivity index (χ0) is 14.1. The van der Waals surface area contributed by atoms with E-state index < -0.39 is 0 Å². The van der Waals surface area contributed by atoms with Crippen LogP contribution in [0, 0.1) is 5.92 Å². The SMILES string of the molecule is CCOC(=O)C1CCN(NC(=O)NCCCCl)CC1. The monoisotopic (exact) mass is 291 g/mol. The lowest BCUT2D eigenvalue weighted by Crippen LogP contribution is -2.51. The number of hydrazine groups is 1. The molecule has 1 aliphatic rings. The second kappa shape index (κ2) is 8.98. The number of ether oxygens (including phenoxy) is 1. The van der Waals surface area contributed by atoms with Crippen LogP contribution in [-0.2, 0) is 9.53 Å². The molecule has 0 spiro atoms. The summed E-state index contributed by atoms with van der Waals surface area (Å²) in [5.41, 5.74) is 2.76. The third-order valence-corrected chi connectivity index (χ3v) is 3.24. The second-order valence-electron chi connectivity index (χ2n) is 4.42. The first kappa shape index (κ1) is 16.0. The normalized spacial score (nSPS) is 16.9. The van der Waals surface area contributed by atoms with E-state index in [1.165, 1.54) is 0 Å². The van der Waals surface area contributed by atoms with Crippen molar-refractivity contribution in [2.24, 2.45) is 5.92 Å². The minimum absolute atomic E-state index is 0.0442. The van der Waals surface area contributed by atoms with Gasteiger partial charge in [-0.1, -0.05) is 0 Å². The fourth-order valence-corrected chi connectivity index (χ4v) is 2.07. The Morgan fingerprint density at radius 3 is 2.63 bits per heavy atom. The van der Waals surface area contributed by atoms with Gasteiger partial charge in [0, 0.05) is 25.5 Å². The summed E-state index contributed by atoms with van der Waals surface area (Å²) in [7, 11) is 0. The number of urea groups is 1. The van der Waals surface area contributed by atoms with Gasteiger partial charge in [0.1, 0.15) is 0 Å². The van der Waals surface area contributed by atoms with Crippen molar-refractivity contribution in [2.45, 2.75) is 26.2 Å². The zero-order valence-corrected chi connectivity index (χ0v) is 12.0. The molecule has 1 heterocycles. The summed E-state index contributed by atoms with van der Waals surface area (Å²) in [4.78, 5) is 23.1. The van der Waals surface area contributed by atoms with E-state index >= 15 is 0 Å². The highest BCUT2D eigenvalue weighted by Gasteiger charge is 2.26. The molecular weight excluding hydrogens is 270 g/mol. The predicted octanol–water partition coefficient (Wildman–Crippen LogP) is 1.10. The first-order valence-electron chi connectivity index (χ1n) is 6.69. The molecule has 0 aromatic rings. The summed E-state index contributed by atoms with van der Waals surface area (Å²) < 4.78 is 4.99. The Kier molecular flexibility index (Phi) is 7.59. The number of carbonyl (C=O) groups excluding carboxylic acids is 2. The number of nitrogens with zero attached hydrogens (tertiary/aromatic N) is 1. The van der Waals surface area contributed by atoms with Crippen molar-refractivity contribution in [2.75, 3.05) is 32.1 Å². The van der Waals surface area contributed by atoms with Gasteiger partial charge in [-0.2, -0.15) is 0 Å². The van der Waals surface area contributed by atoms with E-state index in [-0.39, 0.29) is 17.9 Å². The van der Waals surface area contributed by atoms with Crippen LogP contribution in [0.2, 0.25) is 0 Å². The molecule has 0 saturated carbocycles. The van der Waals surface area contributed by atoms with Crippen LogP contribution in [0.1, 0.15) is 26.2 Å². The lowest BCUT2D eigenvalue weighted by atomic mass is 9.98.